The Labute approximate surface area is 123 Å². The van der Waals surface area contributed by atoms with Crippen molar-refractivity contribution in [3.63, 3.8) is 0 Å². The summed E-state index contributed by atoms with van der Waals surface area (Å²) < 4.78 is 0. The third-order valence-electron chi connectivity index (χ3n) is 4.21. The Bertz CT molecular complexity index is 432. The van der Waals surface area contributed by atoms with E-state index in [-0.39, 0.29) is 0 Å². The van der Waals surface area contributed by atoms with E-state index in [1.54, 1.807) is 6.33 Å². The Morgan fingerprint density at radius 2 is 2.05 bits per heavy atom. The first kappa shape index (κ1) is 15.1. The molecular formula is C16H28N4. The molecule has 0 aliphatic carbocycles. The van der Waals surface area contributed by atoms with Crippen LogP contribution in [0.25, 0.3) is 0 Å². The van der Waals surface area contributed by atoms with Gasteiger partial charge in [0.05, 0.1) is 0 Å². The number of piperidine rings is 1. The van der Waals surface area contributed by atoms with E-state index in [9.17, 15) is 0 Å². The second kappa shape index (κ2) is 6.91. The SMILES string of the molecule is CCCNc1ncnc(N2CC(C)CCC2C)c1CC. The van der Waals surface area contributed by atoms with Crippen LogP contribution in [0.1, 0.15) is 52.5 Å². The van der Waals surface area contributed by atoms with E-state index in [1.165, 1.54) is 18.4 Å². The monoisotopic (exact) mass is 276 g/mol. The second-order valence-corrected chi connectivity index (χ2v) is 5.99. The van der Waals surface area contributed by atoms with Gasteiger partial charge in [-0.2, -0.15) is 0 Å². The van der Waals surface area contributed by atoms with Crippen LogP contribution in [-0.2, 0) is 6.42 Å². The van der Waals surface area contributed by atoms with Crippen molar-refractivity contribution in [1.82, 2.24) is 9.97 Å². The molecule has 2 rings (SSSR count). The number of nitrogens with one attached hydrogen (secondary N) is 1. The Balaban J connectivity index is 2.29. The summed E-state index contributed by atoms with van der Waals surface area (Å²) >= 11 is 0. The van der Waals surface area contributed by atoms with Gasteiger partial charge in [-0.25, -0.2) is 9.97 Å². The van der Waals surface area contributed by atoms with E-state index in [1.807, 2.05) is 0 Å². The van der Waals surface area contributed by atoms with Gasteiger partial charge in [0.1, 0.15) is 18.0 Å². The predicted molar refractivity (Wildman–Crippen MR) is 85.4 cm³/mol. The number of hydrogen-bond acceptors (Lipinski definition) is 4. The lowest BCUT2D eigenvalue weighted by Crippen LogP contribution is -2.42. The number of nitrogens with zero attached hydrogens (tertiary/aromatic N) is 3. The van der Waals surface area contributed by atoms with Gasteiger partial charge in [-0.3, -0.25) is 0 Å². The van der Waals surface area contributed by atoms with Gasteiger partial charge in [0.15, 0.2) is 0 Å². The molecule has 1 fully saturated rings. The minimum Gasteiger partial charge on any atom is -0.370 e. The highest BCUT2D eigenvalue weighted by atomic mass is 15.2. The molecule has 0 radical (unpaired) electrons. The van der Waals surface area contributed by atoms with Crippen LogP contribution in [0.4, 0.5) is 11.6 Å². The van der Waals surface area contributed by atoms with Crippen LogP contribution in [0.5, 0.6) is 0 Å². The summed E-state index contributed by atoms with van der Waals surface area (Å²) in [5.41, 5.74) is 1.27. The lowest BCUT2D eigenvalue weighted by molar-refractivity contribution is 0.387. The smallest absolute Gasteiger partial charge is 0.137 e. The Morgan fingerprint density at radius 1 is 1.25 bits per heavy atom. The van der Waals surface area contributed by atoms with Gasteiger partial charge in [-0.15, -0.1) is 0 Å². The summed E-state index contributed by atoms with van der Waals surface area (Å²) in [4.78, 5) is 11.5. The van der Waals surface area contributed by atoms with Crippen molar-refractivity contribution in [2.75, 3.05) is 23.3 Å². The largest absolute Gasteiger partial charge is 0.370 e. The molecule has 1 aliphatic rings. The van der Waals surface area contributed by atoms with Crippen molar-refractivity contribution < 1.29 is 0 Å². The second-order valence-electron chi connectivity index (χ2n) is 5.99. The zero-order chi connectivity index (χ0) is 14.5. The maximum Gasteiger partial charge on any atom is 0.137 e. The van der Waals surface area contributed by atoms with E-state index in [2.05, 4.69) is 47.9 Å². The lowest BCUT2D eigenvalue weighted by atomic mass is 9.94. The molecule has 2 unspecified atom stereocenters. The predicted octanol–water partition coefficient (Wildman–Crippen LogP) is 3.49. The van der Waals surface area contributed by atoms with Crippen molar-refractivity contribution in [2.45, 2.75) is 59.4 Å². The highest BCUT2D eigenvalue weighted by Gasteiger charge is 2.26. The molecule has 0 saturated carbocycles. The fraction of sp³-hybridized carbons (Fsp3) is 0.750. The molecular weight excluding hydrogens is 248 g/mol. The zero-order valence-electron chi connectivity index (χ0n) is 13.3. The van der Waals surface area contributed by atoms with Gasteiger partial charge in [0, 0.05) is 24.7 Å². The van der Waals surface area contributed by atoms with Crippen LogP contribution >= 0.6 is 0 Å². The highest BCUT2D eigenvalue weighted by Crippen LogP contribution is 2.31. The summed E-state index contributed by atoms with van der Waals surface area (Å²) in [7, 11) is 0. The molecule has 1 aromatic heterocycles. The molecule has 1 aromatic rings. The molecule has 112 valence electrons. The molecule has 1 aliphatic heterocycles. The molecule has 20 heavy (non-hydrogen) atoms. The maximum atomic E-state index is 4.60. The Morgan fingerprint density at radius 3 is 2.75 bits per heavy atom. The van der Waals surface area contributed by atoms with E-state index < -0.39 is 0 Å². The van der Waals surface area contributed by atoms with Crippen LogP contribution in [0.3, 0.4) is 0 Å². The van der Waals surface area contributed by atoms with Gasteiger partial charge in [-0.1, -0.05) is 20.8 Å². The average molecular weight is 276 g/mol. The van der Waals surface area contributed by atoms with Crippen LogP contribution in [0.2, 0.25) is 0 Å². The Hall–Kier alpha value is -1.32. The van der Waals surface area contributed by atoms with Crippen LogP contribution in [0.15, 0.2) is 6.33 Å². The van der Waals surface area contributed by atoms with Crippen molar-refractivity contribution in [3.8, 4) is 0 Å². The first-order valence-electron chi connectivity index (χ1n) is 8.01. The Kier molecular flexibility index (Phi) is 5.21. The van der Waals surface area contributed by atoms with Crippen molar-refractivity contribution in [1.29, 1.82) is 0 Å². The third kappa shape index (κ3) is 3.22. The maximum absolute atomic E-state index is 4.60. The molecule has 0 amide bonds. The van der Waals surface area contributed by atoms with Crippen LogP contribution in [0, 0.1) is 5.92 Å². The van der Waals surface area contributed by atoms with Crippen molar-refractivity contribution in [3.05, 3.63) is 11.9 Å². The number of anilines is 2. The quantitative estimate of drug-likeness (QED) is 0.894. The fourth-order valence-corrected chi connectivity index (χ4v) is 2.96. The van der Waals surface area contributed by atoms with Crippen molar-refractivity contribution in [2.24, 2.45) is 5.92 Å². The molecule has 0 aromatic carbocycles. The molecule has 0 bridgehead atoms. The highest BCUT2D eigenvalue weighted by molar-refractivity contribution is 5.59. The van der Waals surface area contributed by atoms with Gasteiger partial charge >= 0.3 is 0 Å². The summed E-state index contributed by atoms with van der Waals surface area (Å²) in [5, 5.41) is 3.44. The molecule has 1 N–H and O–H groups in total. The standard InChI is InChI=1S/C16H28N4/c1-5-9-17-15-14(6-2)16(19-11-18-15)20-10-12(3)7-8-13(20)4/h11-13H,5-10H2,1-4H3,(H,17,18,19). The average Bonchev–Trinajstić information content (AvgIpc) is 2.47. The number of rotatable bonds is 5. The third-order valence-corrected chi connectivity index (χ3v) is 4.21. The fourth-order valence-electron chi connectivity index (χ4n) is 2.96. The topological polar surface area (TPSA) is 41.1 Å². The van der Waals surface area contributed by atoms with E-state index in [0.717, 1.165) is 43.5 Å². The summed E-state index contributed by atoms with van der Waals surface area (Å²) in [6.45, 7) is 11.1. The minimum atomic E-state index is 0.574. The van der Waals surface area contributed by atoms with Gasteiger partial charge in [0.2, 0.25) is 0 Å². The van der Waals surface area contributed by atoms with Gasteiger partial charge < -0.3 is 10.2 Å². The van der Waals surface area contributed by atoms with E-state index in [0.29, 0.717) is 6.04 Å². The van der Waals surface area contributed by atoms with E-state index in [4.69, 9.17) is 0 Å². The van der Waals surface area contributed by atoms with E-state index >= 15 is 0 Å². The molecule has 2 atom stereocenters. The molecule has 1 saturated heterocycles. The number of hydrogen-bond donors (Lipinski definition) is 1. The summed E-state index contributed by atoms with van der Waals surface area (Å²) in [6, 6.07) is 0.574. The number of aromatic nitrogens is 2. The molecule has 2 heterocycles. The minimum absolute atomic E-state index is 0.574. The first-order chi connectivity index (χ1) is 9.67. The summed E-state index contributed by atoms with van der Waals surface area (Å²) in [6.07, 6.45) is 6.37. The molecule has 4 heteroatoms. The first-order valence-corrected chi connectivity index (χ1v) is 8.01. The van der Waals surface area contributed by atoms with Crippen LogP contribution < -0.4 is 10.2 Å². The van der Waals surface area contributed by atoms with Crippen LogP contribution in [-0.4, -0.2) is 29.1 Å². The normalized spacial score (nSPS) is 22.9. The zero-order valence-corrected chi connectivity index (χ0v) is 13.3. The molecule has 0 spiro atoms. The molecule has 4 nitrogen and oxygen atoms in total. The van der Waals surface area contributed by atoms with Gasteiger partial charge in [-0.05, 0) is 38.5 Å². The van der Waals surface area contributed by atoms with Gasteiger partial charge in [0.25, 0.3) is 0 Å². The lowest BCUT2D eigenvalue weighted by Gasteiger charge is -2.38. The van der Waals surface area contributed by atoms with Crippen molar-refractivity contribution >= 4 is 11.6 Å². The summed E-state index contributed by atoms with van der Waals surface area (Å²) in [5.74, 6) is 2.91.